The Morgan fingerprint density at radius 1 is 1.71 bits per heavy atom. The van der Waals surface area contributed by atoms with Crippen molar-refractivity contribution in [1.29, 1.82) is 0 Å². The predicted octanol–water partition coefficient (Wildman–Crippen LogP) is -0.677. The van der Waals surface area contributed by atoms with Gasteiger partial charge < -0.3 is 9.84 Å². The zero-order chi connectivity index (χ0) is 12.4. The summed E-state index contributed by atoms with van der Waals surface area (Å²) >= 11 is 0. The van der Waals surface area contributed by atoms with E-state index in [-0.39, 0.29) is 12.5 Å². The van der Waals surface area contributed by atoms with Crippen LogP contribution in [0.5, 0.6) is 0 Å². The average Bonchev–Trinajstić information content (AvgIpc) is 2.67. The van der Waals surface area contributed by atoms with Crippen molar-refractivity contribution in [2.45, 2.75) is 6.92 Å². The van der Waals surface area contributed by atoms with Gasteiger partial charge in [0.15, 0.2) is 6.61 Å². The number of hydrogen-bond acceptors (Lipinski definition) is 5. The molecule has 1 aliphatic heterocycles. The standard InChI is InChI=1S/C9H10N4O4/c1-5-6(2-10-11-5)9-12-13(3-8(15)16)7(14)4-17-9/h2H,3-4H2,1H3,(H,10,11)(H,15,16). The van der Waals surface area contributed by atoms with Gasteiger partial charge in [0.2, 0.25) is 5.90 Å². The van der Waals surface area contributed by atoms with Gasteiger partial charge in [-0.15, -0.1) is 5.10 Å². The zero-order valence-corrected chi connectivity index (χ0v) is 9.01. The molecule has 0 saturated heterocycles. The normalized spacial score (nSPS) is 15.5. The van der Waals surface area contributed by atoms with E-state index in [1.54, 1.807) is 6.92 Å². The van der Waals surface area contributed by atoms with Gasteiger partial charge in [0, 0.05) is 5.69 Å². The van der Waals surface area contributed by atoms with Crippen LogP contribution in [0.25, 0.3) is 0 Å². The molecule has 0 spiro atoms. The van der Waals surface area contributed by atoms with Crippen LogP contribution >= 0.6 is 0 Å². The molecule has 0 radical (unpaired) electrons. The van der Waals surface area contributed by atoms with Crippen molar-refractivity contribution in [1.82, 2.24) is 15.2 Å². The quantitative estimate of drug-likeness (QED) is 0.725. The highest BCUT2D eigenvalue weighted by Crippen LogP contribution is 2.11. The van der Waals surface area contributed by atoms with Crippen molar-refractivity contribution in [2.75, 3.05) is 13.2 Å². The first-order chi connectivity index (χ1) is 8.08. The van der Waals surface area contributed by atoms with E-state index >= 15 is 0 Å². The molecule has 1 aromatic rings. The van der Waals surface area contributed by atoms with Crippen molar-refractivity contribution >= 4 is 17.8 Å². The van der Waals surface area contributed by atoms with Crippen molar-refractivity contribution in [3.8, 4) is 0 Å². The Hall–Kier alpha value is -2.38. The molecule has 0 unspecified atom stereocenters. The molecule has 2 rings (SSSR count). The lowest BCUT2D eigenvalue weighted by molar-refractivity contribution is -0.146. The number of carboxylic acid groups (broad SMARTS) is 1. The Balaban J connectivity index is 2.27. The van der Waals surface area contributed by atoms with Crippen LogP contribution in [0.2, 0.25) is 0 Å². The Kier molecular flexibility index (Phi) is 2.77. The van der Waals surface area contributed by atoms with E-state index in [9.17, 15) is 9.59 Å². The SMILES string of the molecule is Cc1[nH]ncc1C1=NN(CC(=O)O)C(=O)CO1. The third kappa shape index (κ3) is 2.25. The van der Waals surface area contributed by atoms with Crippen LogP contribution in [0.15, 0.2) is 11.3 Å². The molecule has 2 N–H and O–H groups in total. The molecule has 1 aromatic heterocycles. The van der Waals surface area contributed by atoms with Crippen LogP contribution in [0, 0.1) is 6.92 Å². The number of rotatable bonds is 3. The van der Waals surface area contributed by atoms with Gasteiger partial charge in [0.25, 0.3) is 5.91 Å². The second kappa shape index (κ2) is 4.24. The topological polar surface area (TPSA) is 108 Å². The first-order valence-electron chi connectivity index (χ1n) is 4.82. The Morgan fingerprint density at radius 3 is 3.06 bits per heavy atom. The number of carboxylic acids is 1. The van der Waals surface area contributed by atoms with Gasteiger partial charge in [-0.3, -0.25) is 14.7 Å². The van der Waals surface area contributed by atoms with E-state index in [4.69, 9.17) is 9.84 Å². The van der Waals surface area contributed by atoms with Crippen molar-refractivity contribution < 1.29 is 19.4 Å². The fraction of sp³-hybridized carbons (Fsp3) is 0.333. The summed E-state index contributed by atoms with van der Waals surface area (Å²) in [7, 11) is 0. The fourth-order valence-electron chi connectivity index (χ4n) is 1.35. The minimum Gasteiger partial charge on any atom is -0.480 e. The molecule has 8 heteroatoms. The molecule has 0 aliphatic carbocycles. The maximum Gasteiger partial charge on any atom is 0.325 e. The van der Waals surface area contributed by atoms with Crippen LogP contribution in [-0.2, 0) is 14.3 Å². The van der Waals surface area contributed by atoms with Crippen LogP contribution < -0.4 is 0 Å². The van der Waals surface area contributed by atoms with Crippen LogP contribution in [0.1, 0.15) is 11.3 Å². The number of H-pyrrole nitrogens is 1. The van der Waals surface area contributed by atoms with E-state index in [1.807, 2.05) is 0 Å². The van der Waals surface area contributed by atoms with E-state index in [0.717, 1.165) is 10.7 Å². The van der Waals surface area contributed by atoms with Crippen LogP contribution in [-0.4, -0.2) is 51.2 Å². The van der Waals surface area contributed by atoms with Gasteiger partial charge >= 0.3 is 5.97 Å². The Bertz CT molecular complexity index is 493. The number of carbonyl (C=O) groups is 2. The molecular formula is C9H10N4O4. The summed E-state index contributed by atoms with van der Waals surface area (Å²) in [5.74, 6) is -1.43. The number of aromatic nitrogens is 2. The van der Waals surface area contributed by atoms with E-state index in [1.165, 1.54) is 6.20 Å². The maximum absolute atomic E-state index is 11.3. The molecule has 2 heterocycles. The van der Waals surface area contributed by atoms with Gasteiger partial charge in [-0.25, -0.2) is 5.01 Å². The molecule has 90 valence electrons. The lowest BCUT2D eigenvalue weighted by Gasteiger charge is -2.21. The van der Waals surface area contributed by atoms with Gasteiger partial charge in [0.1, 0.15) is 6.54 Å². The summed E-state index contributed by atoms with van der Waals surface area (Å²) < 4.78 is 5.13. The van der Waals surface area contributed by atoms with Gasteiger partial charge in [-0.05, 0) is 6.92 Å². The highest BCUT2D eigenvalue weighted by molar-refractivity contribution is 5.99. The lowest BCUT2D eigenvalue weighted by atomic mass is 10.2. The number of carbonyl (C=O) groups excluding carboxylic acids is 1. The first kappa shape index (κ1) is 11.1. The number of hydrazone groups is 1. The first-order valence-corrected chi connectivity index (χ1v) is 4.82. The summed E-state index contributed by atoms with van der Waals surface area (Å²) in [5, 5.41) is 19.8. The smallest absolute Gasteiger partial charge is 0.325 e. The Labute approximate surface area is 95.9 Å². The van der Waals surface area contributed by atoms with Crippen LogP contribution in [0.3, 0.4) is 0 Å². The zero-order valence-electron chi connectivity index (χ0n) is 9.01. The lowest BCUT2D eigenvalue weighted by Crippen LogP contribution is -2.39. The van der Waals surface area contributed by atoms with Crippen molar-refractivity contribution in [3.63, 3.8) is 0 Å². The summed E-state index contributed by atoms with van der Waals surface area (Å²) in [6.45, 7) is 1.06. The van der Waals surface area contributed by atoms with Crippen molar-refractivity contribution in [3.05, 3.63) is 17.5 Å². The van der Waals surface area contributed by atoms with Gasteiger partial charge in [-0.1, -0.05) is 0 Å². The highest BCUT2D eigenvalue weighted by Gasteiger charge is 2.25. The summed E-state index contributed by atoms with van der Waals surface area (Å²) in [6, 6.07) is 0. The van der Waals surface area contributed by atoms with Gasteiger partial charge in [0.05, 0.1) is 11.8 Å². The molecule has 0 fully saturated rings. The minimum atomic E-state index is -1.13. The molecule has 0 aromatic carbocycles. The number of ether oxygens (including phenoxy) is 1. The van der Waals surface area contributed by atoms with E-state index in [2.05, 4.69) is 15.3 Å². The summed E-state index contributed by atoms with van der Waals surface area (Å²) in [4.78, 5) is 21.9. The number of nitrogens with zero attached hydrogens (tertiary/aromatic N) is 3. The van der Waals surface area contributed by atoms with Crippen molar-refractivity contribution in [2.24, 2.45) is 5.10 Å². The van der Waals surface area contributed by atoms with Gasteiger partial charge in [-0.2, -0.15) is 5.10 Å². The molecule has 0 bridgehead atoms. The summed E-state index contributed by atoms with van der Waals surface area (Å²) in [5.41, 5.74) is 1.33. The predicted molar refractivity (Wildman–Crippen MR) is 55.2 cm³/mol. The molecule has 8 nitrogen and oxygen atoms in total. The molecule has 17 heavy (non-hydrogen) atoms. The molecule has 1 aliphatic rings. The molecule has 1 amide bonds. The number of nitrogens with one attached hydrogen (secondary N) is 1. The highest BCUT2D eigenvalue weighted by atomic mass is 16.5. The summed E-state index contributed by atoms with van der Waals surface area (Å²) in [6.07, 6.45) is 1.50. The fourth-order valence-corrected chi connectivity index (χ4v) is 1.35. The third-order valence-corrected chi connectivity index (χ3v) is 2.18. The average molecular weight is 238 g/mol. The number of aromatic amines is 1. The Morgan fingerprint density at radius 2 is 2.47 bits per heavy atom. The molecule has 0 saturated carbocycles. The van der Waals surface area contributed by atoms with Crippen LogP contribution in [0.4, 0.5) is 0 Å². The monoisotopic (exact) mass is 238 g/mol. The number of amides is 1. The van der Waals surface area contributed by atoms with E-state index < -0.39 is 18.4 Å². The second-order valence-electron chi connectivity index (χ2n) is 3.45. The number of aryl methyl sites for hydroxylation is 1. The number of aliphatic carboxylic acids is 1. The maximum atomic E-state index is 11.3. The molecule has 0 atom stereocenters. The van der Waals surface area contributed by atoms with E-state index in [0.29, 0.717) is 5.56 Å². The second-order valence-corrected chi connectivity index (χ2v) is 3.45. The third-order valence-electron chi connectivity index (χ3n) is 2.18. The number of hydrogen-bond donors (Lipinski definition) is 2. The minimum absolute atomic E-state index is 0.192. The largest absolute Gasteiger partial charge is 0.480 e. The molecular weight excluding hydrogens is 228 g/mol.